The third-order valence-corrected chi connectivity index (χ3v) is 8.44. The van der Waals surface area contributed by atoms with Crippen LogP contribution in [0.25, 0.3) is 0 Å². The fourth-order valence-electron chi connectivity index (χ4n) is 3.96. The Balaban J connectivity index is 1.43. The van der Waals surface area contributed by atoms with Crippen molar-refractivity contribution in [2.45, 2.75) is 50.2 Å². The molecule has 0 radical (unpaired) electrons. The normalized spacial score (nSPS) is 21.5. The maximum absolute atomic E-state index is 13.0. The van der Waals surface area contributed by atoms with E-state index < -0.39 is 15.9 Å². The Hall–Kier alpha value is -2.27. The van der Waals surface area contributed by atoms with Crippen LogP contribution in [0.3, 0.4) is 0 Å². The van der Waals surface area contributed by atoms with Gasteiger partial charge in [0.1, 0.15) is 0 Å². The lowest BCUT2D eigenvalue weighted by molar-refractivity contribution is -0.0440. The molecule has 2 atom stereocenters. The maximum Gasteiger partial charge on any atom is 0.279 e. The quantitative estimate of drug-likeness (QED) is 0.676. The van der Waals surface area contributed by atoms with Gasteiger partial charge in [0.05, 0.1) is 22.0 Å². The summed E-state index contributed by atoms with van der Waals surface area (Å²) in [7, 11) is -3.77. The molecule has 8 nitrogen and oxygen atoms in total. The van der Waals surface area contributed by atoms with Gasteiger partial charge in [-0.15, -0.1) is 11.3 Å². The first-order valence-electron chi connectivity index (χ1n) is 10.2. The zero-order valence-corrected chi connectivity index (χ0v) is 19.0. The molecule has 1 aromatic heterocycles. The van der Waals surface area contributed by atoms with E-state index in [1.165, 1.54) is 50.3 Å². The lowest BCUT2D eigenvalue weighted by Gasteiger charge is -2.34. The Morgan fingerprint density at radius 1 is 1.06 bits per heavy atom. The molecule has 0 saturated carbocycles. The molecule has 2 N–H and O–H groups in total. The third kappa shape index (κ3) is 4.67. The number of fused-ring (bicyclic) bond motifs is 1. The molecule has 2 amide bonds. The summed E-state index contributed by atoms with van der Waals surface area (Å²) in [5.41, 5.74) is 6.13. The molecule has 166 valence electrons. The zero-order chi connectivity index (χ0) is 22.2. The predicted octanol–water partition coefficient (Wildman–Crippen LogP) is 2.11. The van der Waals surface area contributed by atoms with Crippen LogP contribution >= 0.6 is 11.3 Å². The number of nitrogens with one attached hydrogen (secondary N) is 2. The molecular weight excluding hydrogens is 438 g/mol. The Morgan fingerprint density at radius 3 is 2.48 bits per heavy atom. The summed E-state index contributed by atoms with van der Waals surface area (Å²) in [5, 5.41) is 0. The lowest BCUT2D eigenvalue weighted by Crippen LogP contribution is -2.48. The van der Waals surface area contributed by atoms with Gasteiger partial charge in [-0.3, -0.25) is 20.4 Å². The van der Waals surface area contributed by atoms with Gasteiger partial charge in [0, 0.05) is 23.5 Å². The number of aryl methyl sites for hydroxylation is 2. The summed E-state index contributed by atoms with van der Waals surface area (Å²) in [6.07, 6.45) is 2.66. The van der Waals surface area contributed by atoms with Gasteiger partial charge in [-0.05, 0) is 62.9 Å². The second-order valence-electron chi connectivity index (χ2n) is 7.93. The highest BCUT2D eigenvalue weighted by Crippen LogP contribution is 2.30. The highest BCUT2D eigenvalue weighted by atomic mass is 32.2. The van der Waals surface area contributed by atoms with Crippen LogP contribution in [0.5, 0.6) is 0 Å². The van der Waals surface area contributed by atoms with Crippen molar-refractivity contribution < 1.29 is 22.7 Å². The average molecular weight is 464 g/mol. The standard InChI is InChI=1S/C21H25N3O5S2/c1-13-11-24(12-14(2)29-13)31(27,28)17-7-3-6-16(9-17)20(25)22-23-21(26)19-10-15-5-4-8-18(15)30-19/h3,6-7,9-10,13-14H,4-5,8,11-12H2,1-2H3,(H,22,25)(H,23,26)/t13-,14+. The Morgan fingerprint density at radius 2 is 1.77 bits per heavy atom. The van der Waals surface area contributed by atoms with Gasteiger partial charge in [0.15, 0.2) is 0 Å². The van der Waals surface area contributed by atoms with E-state index in [0.717, 1.165) is 19.3 Å². The van der Waals surface area contributed by atoms with Gasteiger partial charge in [-0.25, -0.2) is 8.42 Å². The first kappa shape index (κ1) is 21.9. The molecule has 0 spiro atoms. The van der Waals surface area contributed by atoms with Crippen molar-refractivity contribution in [3.05, 3.63) is 51.2 Å². The summed E-state index contributed by atoms with van der Waals surface area (Å²) in [6, 6.07) is 7.67. The van der Waals surface area contributed by atoms with E-state index >= 15 is 0 Å². The molecule has 1 fully saturated rings. The number of carbonyl (C=O) groups excluding carboxylic acids is 2. The fraction of sp³-hybridized carbons (Fsp3) is 0.429. The van der Waals surface area contributed by atoms with Gasteiger partial charge < -0.3 is 4.74 Å². The van der Waals surface area contributed by atoms with E-state index in [1.807, 2.05) is 19.9 Å². The number of hydrazine groups is 1. The smallest absolute Gasteiger partial charge is 0.279 e. The Bertz CT molecular complexity index is 1080. The minimum absolute atomic E-state index is 0.0301. The van der Waals surface area contributed by atoms with Gasteiger partial charge >= 0.3 is 0 Å². The molecule has 4 rings (SSSR count). The molecule has 31 heavy (non-hydrogen) atoms. The number of amides is 2. The van der Waals surface area contributed by atoms with E-state index in [0.29, 0.717) is 4.88 Å². The fourth-order valence-corrected chi connectivity index (χ4v) is 6.75. The van der Waals surface area contributed by atoms with Crippen LogP contribution in [-0.4, -0.2) is 49.8 Å². The van der Waals surface area contributed by atoms with Crippen molar-refractivity contribution >= 4 is 33.2 Å². The molecule has 2 aromatic rings. The number of thiophene rings is 1. The maximum atomic E-state index is 13.0. The number of hydrogen-bond acceptors (Lipinski definition) is 6. The van der Waals surface area contributed by atoms with Crippen molar-refractivity contribution in [3.8, 4) is 0 Å². The number of benzene rings is 1. The van der Waals surface area contributed by atoms with E-state index in [-0.39, 0.29) is 41.7 Å². The van der Waals surface area contributed by atoms with E-state index in [4.69, 9.17) is 4.74 Å². The highest BCUT2D eigenvalue weighted by Gasteiger charge is 2.32. The van der Waals surface area contributed by atoms with Gasteiger partial charge in [0.2, 0.25) is 10.0 Å². The molecule has 1 aliphatic heterocycles. The van der Waals surface area contributed by atoms with E-state index in [9.17, 15) is 18.0 Å². The number of rotatable bonds is 4. The van der Waals surface area contributed by atoms with Crippen molar-refractivity contribution in [3.63, 3.8) is 0 Å². The lowest BCUT2D eigenvalue weighted by atomic mass is 10.2. The molecule has 10 heteroatoms. The van der Waals surface area contributed by atoms with Crippen LogP contribution in [0.15, 0.2) is 35.2 Å². The summed E-state index contributed by atoms with van der Waals surface area (Å²) in [5.74, 6) is -0.967. The minimum Gasteiger partial charge on any atom is -0.373 e. The summed E-state index contributed by atoms with van der Waals surface area (Å²) in [4.78, 5) is 26.7. The SMILES string of the molecule is C[C@@H]1CN(S(=O)(=O)c2cccc(C(=O)NNC(=O)c3cc4c(s3)CCC4)c2)C[C@H](C)O1. The number of ether oxygens (including phenoxy) is 1. The molecule has 1 aromatic carbocycles. The van der Waals surface area contributed by atoms with Crippen LogP contribution in [0, 0.1) is 0 Å². The van der Waals surface area contributed by atoms with Gasteiger partial charge in [0.25, 0.3) is 11.8 Å². The first-order chi connectivity index (χ1) is 14.7. The summed E-state index contributed by atoms with van der Waals surface area (Å²) >= 11 is 1.44. The number of sulfonamides is 1. The zero-order valence-electron chi connectivity index (χ0n) is 17.4. The Labute approximate surface area is 185 Å². The van der Waals surface area contributed by atoms with Crippen LogP contribution in [0.4, 0.5) is 0 Å². The van der Waals surface area contributed by atoms with Crippen molar-refractivity contribution in [1.82, 2.24) is 15.2 Å². The number of carbonyl (C=O) groups is 2. The second kappa shape index (κ2) is 8.70. The molecule has 1 saturated heterocycles. The van der Waals surface area contributed by atoms with Gasteiger partial charge in [-0.2, -0.15) is 4.31 Å². The molecular formula is C21H25N3O5S2. The number of nitrogens with zero attached hydrogens (tertiary/aromatic N) is 1. The summed E-state index contributed by atoms with van der Waals surface area (Å²) in [6.45, 7) is 4.16. The predicted molar refractivity (Wildman–Crippen MR) is 116 cm³/mol. The molecule has 1 aliphatic carbocycles. The van der Waals surface area contributed by atoms with E-state index in [1.54, 1.807) is 0 Å². The first-order valence-corrected chi connectivity index (χ1v) is 12.5. The third-order valence-electron chi connectivity index (χ3n) is 5.38. The summed E-state index contributed by atoms with van der Waals surface area (Å²) < 4.78 is 33.1. The van der Waals surface area contributed by atoms with Crippen LogP contribution in [0.1, 0.15) is 50.7 Å². The minimum atomic E-state index is -3.77. The van der Waals surface area contributed by atoms with Crippen LogP contribution in [-0.2, 0) is 27.6 Å². The molecule has 2 heterocycles. The van der Waals surface area contributed by atoms with E-state index in [2.05, 4.69) is 10.9 Å². The van der Waals surface area contributed by atoms with Crippen LogP contribution in [0.2, 0.25) is 0 Å². The topological polar surface area (TPSA) is 105 Å². The monoisotopic (exact) mass is 463 g/mol. The molecule has 0 unspecified atom stereocenters. The number of morpholine rings is 1. The van der Waals surface area contributed by atoms with Crippen molar-refractivity contribution in [2.24, 2.45) is 0 Å². The van der Waals surface area contributed by atoms with Gasteiger partial charge in [-0.1, -0.05) is 6.07 Å². The largest absolute Gasteiger partial charge is 0.373 e. The second-order valence-corrected chi connectivity index (χ2v) is 11.0. The molecule has 2 aliphatic rings. The van der Waals surface area contributed by atoms with Crippen molar-refractivity contribution in [2.75, 3.05) is 13.1 Å². The Kier molecular flexibility index (Phi) is 6.16. The molecule has 0 bridgehead atoms. The van der Waals surface area contributed by atoms with Crippen LogP contribution < -0.4 is 10.9 Å². The van der Waals surface area contributed by atoms with Crippen molar-refractivity contribution in [1.29, 1.82) is 0 Å². The average Bonchev–Trinajstić information content (AvgIpc) is 3.33. The number of hydrogen-bond donors (Lipinski definition) is 2. The highest BCUT2D eigenvalue weighted by molar-refractivity contribution is 7.89.